The summed E-state index contributed by atoms with van der Waals surface area (Å²) in [5.74, 6) is 0. The molecular weight excluding hydrogens is 300 g/mol. The van der Waals surface area contributed by atoms with Gasteiger partial charge < -0.3 is 5.73 Å². The third kappa shape index (κ3) is 2.58. The maximum Gasteiger partial charge on any atom is 0.281 e. The molecule has 22 heavy (non-hydrogen) atoms. The molecule has 110 valence electrons. The molecule has 0 aliphatic carbocycles. The van der Waals surface area contributed by atoms with Crippen molar-refractivity contribution in [2.45, 2.75) is 6.92 Å². The molecule has 0 aliphatic heterocycles. The molecule has 0 amide bonds. The van der Waals surface area contributed by atoms with Crippen LogP contribution in [0.2, 0.25) is 5.02 Å². The fourth-order valence-electron chi connectivity index (χ4n) is 2.19. The van der Waals surface area contributed by atoms with E-state index in [0.29, 0.717) is 32.9 Å². The van der Waals surface area contributed by atoms with Crippen molar-refractivity contribution in [2.24, 2.45) is 5.10 Å². The summed E-state index contributed by atoms with van der Waals surface area (Å²) in [5, 5.41) is 5.37. The van der Waals surface area contributed by atoms with Crippen LogP contribution in [0.1, 0.15) is 12.5 Å². The van der Waals surface area contributed by atoms with Gasteiger partial charge in [0.1, 0.15) is 6.33 Å². The minimum atomic E-state index is -0.231. The van der Waals surface area contributed by atoms with Gasteiger partial charge in [-0.05, 0) is 37.3 Å². The molecule has 3 aromatic rings. The number of fused-ring (bicyclic) bond motifs is 1. The first kappa shape index (κ1) is 14.3. The van der Waals surface area contributed by atoms with E-state index in [1.54, 1.807) is 43.3 Å². The Hall–Kier alpha value is -2.66. The monoisotopic (exact) mass is 312 g/mol. The van der Waals surface area contributed by atoms with E-state index in [2.05, 4.69) is 10.1 Å². The number of rotatable bonds is 2. The average molecular weight is 313 g/mol. The van der Waals surface area contributed by atoms with Gasteiger partial charge in [0.15, 0.2) is 0 Å². The molecule has 0 spiro atoms. The van der Waals surface area contributed by atoms with Crippen molar-refractivity contribution in [3.63, 3.8) is 0 Å². The van der Waals surface area contributed by atoms with E-state index in [4.69, 9.17) is 17.3 Å². The highest BCUT2D eigenvalue weighted by molar-refractivity contribution is 6.31. The fourth-order valence-corrected chi connectivity index (χ4v) is 2.36. The predicted molar refractivity (Wildman–Crippen MR) is 89.5 cm³/mol. The number of nitrogens with zero attached hydrogens (tertiary/aromatic N) is 3. The van der Waals surface area contributed by atoms with Gasteiger partial charge in [0.2, 0.25) is 0 Å². The number of nitrogen functional groups attached to an aromatic ring is 1. The average Bonchev–Trinajstić information content (AvgIpc) is 2.52. The first-order valence-electron chi connectivity index (χ1n) is 6.63. The first-order chi connectivity index (χ1) is 10.6. The highest BCUT2D eigenvalue weighted by atomic mass is 35.5. The third-order valence-electron chi connectivity index (χ3n) is 3.31. The van der Waals surface area contributed by atoms with Crippen LogP contribution in [0.3, 0.4) is 0 Å². The van der Waals surface area contributed by atoms with Gasteiger partial charge in [0, 0.05) is 16.3 Å². The number of para-hydroxylation sites is 1. The van der Waals surface area contributed by atoms with E-state index in [0.717, 1.165) is 0 Å². The topological polar surface area (TPSA) is 73.3 Å². The minimum absolute atomic E-state index is 0.231. The predicted octanol–water partition coefficient (Wildman–Crippen LogP) is 2.90. The summed E-state index contributed by atoms with van der Waals surface area (Å²) in [6.45, 7) is 1.77. The van der Waals surface area contributed by atoms with Gasteiger partial charge in [0.05, 0.1) is 16.6 Å². The quantitative estimate of drug-likeness (QED) is 0.584. The van der Waals surface area contributed by atoms with Crippen molar-refractivity contribution >= 4 is 33.9 Å². The van der Waals surface area contributed by atoms with Crippen LogP contribution in [0.4, 0.5) is 5.69 Å². The van der Waals surface area contributed by atoms with E-state index in [-0.39, 0.29) is 5.56 Å². The van der Waals surface area contributed by atoms with Crippen LogP contribution in [0.5, 0.6) is 0 Å². The lowest BCUT2D eigenvalue weighted by atomic mass is 10.1. The molecule has 0 aliphatic rings. The Bertz CT molecular complexity index is 946. The molecule has 2 N–H and O–H groups in total. The van der Waals surface area contributed by atoms with Crippen LogP contribution in [0.25, 0.3) is 10.9 Å². The highest BCUT2D eigenvalue weighted by Crippen LogP contribution is 2.18. The van der Waals surface area contributed by atoms with E-state index >= 15 is 0 Å². The highest BCUT2D eigenvalue weighted by Gasteiger charge is 2.07. The van der Waals surface area contributed by atoms with Crippen molar-refractivity contribution in [2.75, 3.05) is 5.73 Å². The summed E-state index contributed by atoms with van der Waals surface area (Å²) >= 11 is 5.98. The molecule has 0 bridgehead atoms. The van der Waals surface area contributed by atoms with E-state index < -0.39 is 0 Å². The molecule has 0 fully saturated rings. The molecule has 1 aromatic heterocycles. The SMILES string of the molecule is C/C(=N\n1cnc2ccccc2c1=O)c1cc(Cl)ccc1N. The van der Waals surface area contributed by atoms with Crippen molar-refractivity contribution < 1.29 is 0 Å². The Morgan fingerprint density at radius 3 is 2.86 bits per heavy atom. The molecular formula is C16H13ClN4O. The van der Waals surface area contributed by atoms with Crippen LogP contribution in [-0.4, -0.2) is 15.4 Å². The minimum Gasteiger partial charge on any atom is -0.398 e. The molecule has 6 heteroatoms. The van der Waals surface area contributed by atoms with Gasteiger partial charge in [-0.3, -0.25) is 4.79 Å². The zero-order chi connectivity index (χ0) is 15.7. The van der Waals surface area contributed by atoms with E-state index in [9.17, 15) is 4.79 Å². The zero-order valence-corrected chi connectivity index (χ0v) is 12.6. The maximum atomic E-state index is 12.4. The standard InChI is InChI=1S/C16H13ClN4O/c1-10(13-8-11(17)6-7-14(13)18)20-21-9-19-15-5-3-2-4-12(15)16(21)22/h2-9H,18H2,1H3/b20-10+. The van der Waals surface area contributed by atoms with Gasteiger partial charge in [-0.25, -0.2) is 4.98 Å². The Morgan fingerprint density at radius 1 is 1.27 bits per heavy atom. The smallest absolute Gasteiger partial charge is 0.281 e. The lowest BCUT2D eigenvalue weighted by Gasteiger charge is -2.07. The normalized spacial score (nSPS) is 11.8. The molecule has 0 saturated heterocycles. The van der Waals surface area contributed by atoms with Crippen LogP contribution in [0.15, 0.2) is 58.7 Å². The lowest BCUT2D eigenvalue weighted by molar-refractivity contribution is 0.811. The van der Waals surface area contributed by atoms with Crippen LogP contribution in [0, 0.1) is 0 Å². The summed E-state index contributed by atoms with van der Waals surface area (Å²) in [7, 11) is 0. The Balaban J connectivity index is 2.14. The molecule has 2 aromatic carbocycles. The molecule has 5 nitrogen and oxygen atoms in total. The van der Waals surface area contributed by atoms with Gasteiger partial charge in [-0.2, -0.15) is 9.78 Å². The van der Waals surface area contributed by atoms with E-state index in [1.165, 1.54) is 11.0 Å². The Morgan fingerprint density at radius 2 is 2.05 bits per heavy atom. The Kier molecular flexibility index (Phi) is 3.65. The number of aromatic nitrogens is 2. The molecule has 0 atom stereocenters. The summed E-state index contributed by atoms with van der Waals surface area (Å²) in [6, 6.07) is 12.3. The van der Waals surface area contributed by atoms with Crippen molar-refractivity contribution in [1.82, 2.24) is 9.66 Å². The van der Waals surface area contributed by atoms with Crippen molar-refractivity contribution in [3.05, 3.63) is 69.7 Å². The van der Waals surface area contributed by atoms with E-state index in [1.807, 2.05) is 6.07 Å². The second-order valence-electron chi connectivity index (χ2n) is 4.83. The number of benzene rings is 2. The second kappa shape index (κ2) is 5.61. The van der Waals surface area contributed by atoms with Gasteiger partial charge in [-0.1, -0.05) is 23.7 Å². The largest absolute Gasteiger partial charge is 0.398 e. The lowest BCUT2D eigenvalue weighted by Crippen LogP contribution is -2.18. The van der Waals surface area contributed by atoms with Gasteiger partial charge in [0.25, 0.3) is 5.56 Å². The van der Waals surface area contributed by atoms with Crippen LogP contribution >= 0.6 is 11.6 Å². The summed E-state index contributed by atoms with van der Waals surface area (Å²) in [6.07, 6.45) is 1.40. The summed E-state index contributed by atoms with van der Waals surface area (Å²) < 4.78 is 1.21. The molecule has 0 saturated carbocycles. The number of hydrogen-bond donors (Lipinski definition) is 1. The fraction of sp³-hybridized carbons (Fsp3) is 0.0625. The summed E-state index contributed by atoms with van der Waals surface area (Å²) in [4.78, 5) is 16.6. The Labute approximate surface area is 131 Å². The maximum absolute atomic E-state index is 12.4. The zero-order valence-electron chi connectivity index (χ0n) is 11.8. The van der Waals surface area contributed by atoms with Gasteiger partial charge >= 0.3 is 0 Å². The number of hydrogen-bond acceptors (Lipinski definition) is 4. The molecule has 0 radical (unpaired) electrons. The second-order valence-corrected chi connectivity index (χ2v) is 5.26. The van der Waals surface area contributed by atoms with Crippen molar-refractivity contribution in [3.8, 4) is 0 Å². The molecule has 1 heterocycles. The number of anilines is 1. The van der Waals surface area contributed by atoms with Crippen molar-refractivity contribution in [1.29, 1.82) is 0 Å². The van der Waals surface area contributed by atoms with Crippen LogP contribution in [-0.2, 0) is 0 Å². The first-order valence-corrected chi connectivity index (χ1v) is 7.01. The molecule has 3 rings (SSSR count). The molecule has 0 unspecified atom stereocenters. The number of nitrogens with two attached hydrogens (primary N) is 1. The number of halogens is 1. The van der Waals surface area contributed by atoms with Crippen LogP contribution < -0.4 is 11.3 Å². The van der Waals surface area contributed by atoms with Gasteiger partial charge in [-0.15, -0.1) is 0 Å². The third-order valence-corrected chi connectivity index (χ3v) is 3.55. The summed E-state index contributed by atoms with van der Waals surface area (Å²) in [5.41, 5.74) is 8.16.